The summed E-state index contributed by atoms with van der Waals surface area (Å²) in [5.41, 5.74) is -0.687. The SMILES string of the molecule is CCC(CC)C(O)CNC(=O)C1(C)CCCO1. The van der Waals surface area contributed by atoms with E-state index in [9.17, 15) is 9.90 Å². The number of nitrogens with one attached hydrogen (secondary N) is 1. The molecule has 0 aromatic heterocycles. The van der Waals surface area contributed by atoms with Gasteiger partial charge in [-0.15, -0.1) is 0 Å². The Morgan fingerprint density at radius 2 is 2.12 bits per heavy atom. The van der Waals surface area contributed by atoms with Crippen LogP contribution in [0, 0.1) is 5.92 Å². The summed E-state index contributed by atoms with van der Waals surface area (Å²) in [5.74, 6) is 0.160. The average Bonchev–Trinajstić information content (AvgIpc) is 2.76. The van der Waals surface area contributed by atoms with Crippen molar-refractivity contribution in [3.8, 4) is 0 Å². The Balaban J connectivity index is 2.37. The van der Waals surface area contributed by atoms with Crippen molar-refractivity contribution in [1.29, 1.82) is 0 Å². The van der Waals surface area contributed by atoms with Gasteiger partial charge in [0, 0.05) is 13.2 Å². The molecule has 0 spiro atoms. The molecule has 2 N–H and O–H groups in total. The Morgan fingerprint density at radius 3 is 2.59 bits per heavy atom. The minimum atomic E-state index is -0.687. The Morgan fingerprint density at radius 1 is 1.47 bits per heavy atom. The fourth-order valence-electron chi connectivity index (χ4n) is 2.34. The van der Waals surface area contributed by atoms with Crippen LogP contribution in [0.4, 0.5) is 0 Å². The number of rotatable bonds is 6. The third-order valence-electron chi connectivity index (χ3n) is 3.76. The lowest BCUT2D eigenvalue weighted by molar-refractivity contribution is -0.140. The van der Waals surface area contributed by atoms with Gasteiger partial charge >= 0.3 is 0 Å². The zero-order valence-corrected chi connectivity index (χ0v) is 11.2. The molecule has 2 unspecified atom stereocenters. The lowest BCUT2D eigenvalue weighted by atomic mass is 9.96. The second-order valence-corrected chi connectivity index (χ2v) is 5.04. The summed E-state index contributed by atoms with van der Waals surface area (Å²) >= 11 is 0. The van der Waals surface area contributed by atoms with E-state index in [2.05, 4.69) is 19.2 Å². The van der Waals surface area contributed by atoms with Crippen LogP contribution in [0.25, 0.3) is 0 Å². The van der Waals surface area contributed by atoms with Crippen LogP contribution in [0.15, 0.2) is 0 Å². The zero-order chi connectivity index (χ0) is 12.9. The largest absolute Gasteiger partial charge is 0.391 e. The number of amides is 1. The van der Waals surface area contributed by atoms with E-state index in [1.807, 2.05) is 6.92 Å². The highest BCUT2D eigenvalue weighted by Crippen LogP contribution is 2.25. The van der Waals surface area contributed by atoms with E-state index in [1.54, 1.807) is 0 Å². The molecule has 1 rings (SSSR count). The van der Waals surface area contributed by atoms with Gasteiger partial charge in [-0.1, -0.05) is 26.7 Å². The molecule has 4 nitrogen and oxygen atoms in total. The van der Waals surface area contributed by atoms with Crippen molar-refractivity contribution in [2.45, 2.75) is 58.2 Å². The van der Waals surface area contributed by atoms with Crippen LogP contribution < -0.4 is 5.32 Å². The van der Waals surface area contributed by atoms with Gasteiger partial charge in [-0.05, 0) is 25.7 Å². The van der Waals surface area contributed by atoms with Crippen molar-refractivity contribution in [1.82, 2.24) is 5.32 Å². The highest BCUT2D eigenvalue weighted by Gasteiger charge is 2.37. The first-order valence-corrected chi connectivity index (χ1v) is 6.63. The Kier molecular flexibility index (Phi) is 5.40. The van der Waals surface area contributed by atoms with Gasteiger partial charge in [0.15, 0.2) is 0 Å². The Hall–Kier alpha value is -0.610. The molecular weight excluding hydrogens is 218 g/mol. The minimum absolute atomic E-state index is 0.0972. The summed E-state index contributed by atoms with van der Waals surface area (Å²) in [7, 11) is 0. The molecule has 0 radical (unpaired) electrons. The molecule has 1 aliphatic heterocycles. The molecule has 1 fully saturated rings. The summed E-state index contributed by atoms with van der Waals surface area (Å²) in [4.78, 5) is 11.9. The van der Waals surface area contributed by atoms with E-state index < -0.39 is 11.7 Å². The maximum absolute atomic E-state index is 11.9. The average molecular weight is 243 g/mol. The van der Waals surface area contributed by atoms with Crippen molar-refractivity contribution in [3.63, 3.8) is 0 Å². The molecule has 0 aliphatic carbocycles. The lowest BCUT2D eigenvalue weighted by Gasteiger charge is -2.25. The highest BCUT2D eigenvalue weighted by molar-refractivity contribution is 5.85. The fourth-order valence-corrected chi connectivity index (χ4v) is 2.34. The molecule has 2 atom stereocenters. The molecule has 17 heavy (non-hydrogen) atoms. The molecule has 0 saturated carbocycles. The van der Waals surface area contributed by atoms with Crippen LogP contribution in [-0.4, -0.2) is 35.9 Å². The minimum Gasteiger partial charge on any atom is -0.391 e. The molecule has 1 amide bonds. The molecule has 1 aliphatic rings. The van der Waals surface area contributed by atoms with Gasteiger partial charge in [0.25, 0.3) is 5.91 Å². The van der Waals surface area contributed by atoms with Crippen LogP contribution >= 0.6 is 0 Å². The van der Waals surface area contributed by atoms with Crippen molar-refractivity contribution < 1.29 is 14.6 Å². The molecule has 0 aromatic carbocycles. The van der Waals surface area contributed by atoms with Gasteiger partial charge in [-0.2, -0.15) is 0 Å². The summed E-state index contributed by atoms with van der Waals surface area (Å²) in [6, 6.07) is 0. The van der Waals surface area contributed by atoms with Crippen molar-refractivity contribution in [3.05, 3.63) is 0 Å². The van der Waals surface area contributed by atoms with E-state index in [-0.39, 0.29) is 11.8 Å². The van der Waals surface area contributed by atoms with Crippen LogP contribution in [-0.2, 0) is 9.53 Å². The smallest absolute Gasteiger partial charge is 0.252 e. The van der Waals surface area contributed by atoms with Crippen molar-refractivity contribution >= 4 is 5.91 Å². The third kappa shape index (κ3) is 3.68. The first kappa shape index (κ1) is 14.5. The first-order chi connectivity index (χ1) is 8.03. The normalized spacial score (nSPS) is 26.2. The molecule has 1 saturated heterocycles. The number of hydrogen-bond acceptors (Lipinski definition) is 3. The number of hydrogen-bond donors (Lipinski definition) is 2. The molecule has 0 bridgehead atoms. The molecule has 0 aromatic rings. The Bertz CT molecular complexity index is 245. The third-order valence-corrected chi connectivity index (χ3v) is 3.76. The molecule has 4 heteroatoms. The quantitative estimate of drug-likeness (QED) is 0.742. The summed E-state index contributed by atoms with van der Waals surface area (Å²) in [6.45, 7) is 6.91. The predicted molar refractivity (Wildman–Crippen MR) is 66.7 cm³/mol. The van der Waals surface area contributed by atoms with Crippen LogP contribution in [0.5, 0.6) is 0 Å². The number of ether oxygens (including phenoxy) is 1. The second-order valence-electron chi connectivity index (χ2n) is 5.04. The van der Waals surface area contributed by atoms with Crippen LogP contribution in [0.1, 0.15) is 46.5 Å². The highest BCUT2D eigenvalue weighted by atomic mass is 16.5. The van der Waals surface area contributed by atoms with Crippen molar-refractivity contribution in [2.75, 3.05) is 13.2 Å². The second kappa shape index (κ2) is 6.36. The van der Waals surface area contributed by atoms with Gasteiger partial charge in [0.2, 0.25) is 0 Å². The van der Waals surface area contributed by atoms with Gasteiger partial charge < -0.3 is 15.2 Å². The van der Waals surface area contributed by atoms with Crippen molar-refractivity contribution in [2.24, 2.45) is 5.92 Å². The number of aliphatic hydroxyl groups is 1. The van der Waals surface area contributed by atoms with Gasteiger partial charge in [0.05, 0.1) is 6.10 Å². The molecule has 1 heterocycles. The van der Waals surface area contributed by atoms with Crippen LogP contribution in [0.3, 0.4) is 0 Å². The summed E-state index contributed by atoms with van der Waals surface area (Å²) < 4.78 is 5.45. The maximum Gasteiger partial charge on any atom is 0.252 e. The van der Waals surface area contributed by atoms with E-state index >= 15 is 0 Å². The Labute approximate surface area is 104 Å². The first-order valence-electron chi connectivity index (χ1n) is 6.63. The van der Waals surface area contributed by atoms with E-state index in [1.165, 1.54) is 0 Å². The predicted octanol–water partition coefficient (Wildman–Crippen LogP) is 1.47. The maximum atomic E-state index is 11.9. The standard InChI is InChI=1S/C13H25NO3/c1-4-10(5-2)11(15)9-14-12(16)13(3)7-6-8-17-13/h10-11,15H,4-9H2,1-3H3,(H,14,16). The number of aliphatic hydroxyl groups excluding tert-OH is 1. The molecule has 100 valence electrons. The number of carbonyl (C=O) groups excluding carboxylic acids is 1. The van der Waals surface area contributed by atoms with Gasteiger partial charge in [-0.25, -0.2) is 0 Å². The zero-order valence-electron chi connectivity index (χ0n) is 11.2. The fraction of sp³-hybridized carbons (Fsp3) is 0.923. The van der Waals surface area contributed by atoms with E-state index in [4.69, 9.17) is 4.74 Å². The summed E-state index contributed by atoms with van der Waals surface area (Å²) in [6.07, 6.45) is 3.10. The summed E-state index contributed by atoms with van der Waals surface area (Å²) in [5, 5.41) is 12.7. The number of carbonyl (C=O) groups is 1. The van der Waals surface area contributed by atoms with Crippen LogP contribution in [0.2, 0.25) is 0 Å². The topological polar surface area (TPSA) is 58.6 Å². The molecular formula is C13H25NO3. The lowest BCUT2D eigenvalue weighted by Crippen LogP contribution is -2.47. The van der Waals surface area contributed by atoms with E-state index in [0.717, 1.165) is 25.7 Å². The van der Waals surface area contributed by atoms with Gasteiger partial charge in [-0.3, -0.25) is 4.79 Å². The van der Waals surface area contributed by atoms with E-state index in [0.29, 0.717) is 13.2 Å². The van der Waals surface area contributed by atoms with Gasteiger partial charge in [0.1, 0.15) is 5.60 Å². The monoisotopic (exact) mass is 243 g/mol.